The zero-order chi connectivity index (χ0) is 24.8. The highest BCUT2D eigenvalue weighted by Crippen LogP contribution is 2.44. The molecule has 0 saturated carbocycles. The van der Waals surface area contributed by atoms with Gasteiger partial charge in [-0.25, -0.2) is 9.59 Å². The summed E-state index contributed by atoms with van der Waals surface area (Å²) in [5.41, 5.74) is 5.88. The highest BCUT2D eigenvalue weighted by molar-refractivity contribution is 5.91. The van der Waals surface area contributed by atoms with E-state index in [0.717, 1.165) is 28.3 Å². The van der Waals surface area contributed by atoms with Crippen LogP contribution in [0.5, 0.6) is 0 Å². The molecule has 1 atom stereocenters. The van der Waals surface area contributed by atoms with Crippen LogP contribution in [0.25, 0.3) is 17.2 Å². The van der Waals surface area contributed by atoms with E-state index in [2.05, 4.69) is 34.9 Å². The molecule has 0 spiro atoms. The number of hydrogen-bond donors (Lipinski definition) is 3. The van der Waals surface area contributed by atoms with Crippen molar-refractivity contribution in [3.63, 3.8) is 0 Å². The predicted octanol–water partition coefficient (Wildman–Crippen LogP) is 5.04. The summed E-state index contributed by atoms with van der Waals surface area (Å²) in [5, 5.41) is 14.2. The van der Waals surface area contributed by atoms with E-state index in [9.17, 15) is 14.4 Å². The Bertz CT molecular complexity index is 1220. The largest absolute Gasteiger partial charge is 0.478 e. The third-order valence-corrected chi connectivity index (χ3v) is 5.81. The minimum atomic E-state index is -1.03. The Morgan fingerprint density at radius 2 is 1.54 bits per heavy atom. The quantitative estimate of drug-likeness (QED) is 0.400. The molecule has 0 aromatic heterocycles. The van der Waals surface area contributed by atoms with Crippen LogP contribution in [-0.4, -0.2) is 35.7 Å². The topological polar surface area (TPSA) is 105 Å². The number of alkyl carbamates (subject to hydrolysis) is 1. The molecule has 0 heterocycles. The van der Waals surface area contributed by atoms with Gasteiger partial charge < -0.3 is 20.5 Å². The van der Waals surface area contributed by atoms with E-state index in [0.29, 0.717) is 11.3 Å². The molecule has 178 valence electrons. The lowest BCUT2D eigenvalue weighted by molar-refractivity contribution is -0.131. The number of amides is 2. The van der Waals surface area contributed by atoms with Crippen LogP contribution in [0.2, 0.25) is 0 Å². The smallest absolute Gasteiger partial charge is 0.407 e. The molecule has 1 aliphatic carbocycles. The zero-order valence-corrected chi connectivity index (χ0v) is 19.2. The van der Waals surface area contributed by atoms with Crippen LogP contribution in [0, 0.1) is 0 Å². The number of carbonyl (C=O) groups excluding carboxylic acids is 2. The average molecular weight is 471 g/mol. The van der Waals surface area contributed by atoms with Gasteiger partial charge in [-0.05, 0) is 52.9 Å². The van der Waals surface area contributed by atoms with Crippen molar-refractivity contribution in [2.75, 3.05) is 11.9 Å². The van der Waals surface area contributed by atoms with Gasteiger partial charge in [0.15, 0.2) is 0 Å². The van der Waals surface area contributed by atoms with Gasteiger partial charge >= 0.3 is 12.1 Å². The van der Waals surface area contributed by atoms with Gasteiger partial charge in [-0.1, -0.05) is 60.7 Å². The molecule has 7 nitrogen and oxygen atoms in total. The number of rotatable bonds is 8. The number of benzene rings is 3. The number of carboxylic acid groups (broad SMARTS) is 1. The second-order valence-electron chi connectivity index (χ2n) is 8.42. The van der Waals surface area contributed by atoms with E-state index in [1.807, 2.05) is 24.3 Å². The van der Waals surface area contributed by atoms with Crippen molar-refractivity contribution in [1.29, 1.82) is 0 Å². The van der Waals surface area contributed by atoms with Crippen molar-refractivity contribution in [1.82, 2.24) is 5.32 Å². The Hall–Kier alpha value is -4.39. The van der Waals surface area contributed by atoms with Crippen LogP contribution in [0.3, 0.4) is 0 Å². The lowest BCUT2D eigenvalue weighted by atomic mass is 9.98. The monoisotopic (exact) mass is 470 g/mol. The first-order valence-corrected chi connectivity index (χ1v) is 11.3. The predicted molar refractivity (Wildman–Crippen MR) is 134 cm³/mol. The number of fused-ring (bicyclic) bond motifs is 3. The van der Waals surface area contributed by atoms with E-state index in [1.54, 1.807) is 31.2 Å². The van der Waals surface area contributed by atoms with Crippen LogP contribution >= 0.6 is 0 Å². The lowest BCUT2D eigenvalue weighted by Crippen LogP contribution is -2.36. The number of aliphatic carboxylic acids is 1. The van der Waals surface area contributed by atoms with Crippen LogP contribution in [0.4, 0.5) is 10.5 Å². The lowest BCUT2D eigenvalue weighted by Gasteiger charge is -2.17. The molecular weight excluding hydrogens is 444 g/mol. The van der Waals surface area contributed by atoms with Gasteiger partial charge in [0.2, 0.25) is 5.91 Å². The van der Waals surface area contributed by atoms with Crippen LogP contribution < -0.4 is 10.6 Å². The minimum Gasteiger partial charge on any atom is -0.478 e. The number of nitrogens with one attached hydrogen (secondary N) is 2. The number of anilines is 1. The molecule has 7 heteroatoms. The van der Waals surface area contributed by atoms with Crippen LogP contribution in [-0.2, 0) is 14.3 Å². The van der Waals surface area contributed by atoms with Crippen molar-refractivity contribution in [3.05, 3.63) is 95.6 Å². The summed E-state index contributed by atoms with van der Waals surface area (Å²) in [4.78, 5) is 35.3. The first kappa shape index (κ1) is 23.8. The van der Waals surface area contributed by atoms with Gasteiger partial charge in [-0.2, -0.15) is 0 Å². The fourth-order valence-corrected chi connectivity index (χ4v) is 4.23. The van der Waals surface area contributed by atoms with Gasteiger partial charge in [-0.3, -0.25) is 4.79 Å². The van der Waals surface area contributed by atoms with E-state index < -0.39 is 18.1 Å². The highest BCUT2D eigenvalue weighted by Gasteiger charge is 2.29. The van der Waals surface area contributed by atoms with Crippen molar-refractivity contribution >= 4 is 29.7 Å². The number of hydrogen-bond acceptors (Lipinski definition) is 4. The Labute approximate surface area is 203 Å². The van der Waals surface area contributed by atoms with Gasteiger partial charge in [0.25, 0.3) is 0 Å². The molecule has 0 radical (unpaired) electrons. The van der Waals surface area contributed by atoms with Crippen LogP contribution in [0.15, 0.2) is 78.9 Å². The average Bonchev–Trinajstić information content (AvgIpc) is 3.16. The summed E-state index contributed by atoms with van der Waals surface area (Å²) in [5.74, 6) is -1.31. The summed E-state index contributed by atoms with van der Waals surface area (Å²) in [6, 6.07) is 22.6. The molecule has 3 aromatic carbocycles. The van der Waals surface area contributed by atoms with E-state index in [1.165, 1.54) is 6.08 Å². The third kappa shape index (κ3) is 5.95. The van der Waals surface area contributed by atoms with Gasteiger partial charge in [0, 0.05) is 30.1 Å². The van der Waals surface area contributed by atoms with E-state index in [4.69, 9.17) is 9.84 Å². The van der Waals surface area contributed by atoms with E-state index in [-0.39, 0.29) is 24.9 Å². The molecule has 1 aliphatic rings. The second kappa shape index (κ2) is 10.7. The molecule has 3 N–H and O–H groups in total. The summed E-state index contributed by atoms with van der Waals surface area (Å²) in [7, 11) is 0. The maximum absolute atomic E-state index is 12.4. The van der Waals surface area contributed by atoms with Crippen molar-refractivity contribution in [2.45, 2.75) is 25.3 Å². The second-order valence-corrected chi connectivity index (χ2v) is 8.42. The summed E-state index contributed by atoms with van der Waals surface area (Å²) in [6.07, 6.45) is 2.02. The summed E-state index contributed by atoms with van der Waals surface area (Å²) >= 11 is 0. The van der Waals surface area contributed by atoms with Gasteiger partial charge in [0.1, 0.15) is 6.61 Å². The molecule has 35 heavy (non-hydrogen) atoms. The Morgan fingerprint density at radius 3 is 2.14 bits per heavy atom. The fraction of sp³-hybridized carbons (Fsp3) is 0.179. The minimum absolute atomic E-state index is 0.0277. The van der Waals surface area contributed by atoms with Gasteiger partial charge in [0.05, 0.1) is 0 Å². The Kier molecular flexibility index (Phi) is 7.26. The molecule has 0 saturated heterocycles. The van der Waals surface area contributed by atoms with Crippen molar-refractivity contribution in [2.24, 2.45) is 0 Å². The van der Waals surface area contributed by atoms with Crippen molar-refractivity contribution in [3.8, 4) is 11.1 Å². The molecular formula is C28H26N2O5. The fourth-order valence-electron chi connectivity index (χ4n) is 4.23. The van der Waals surface area contributed by atoms with E-state index >= 15 is 0 Å². The van der Waals surface area contributed by atoms with Gasteiger partial charge in [-0.15, -0.1) is 0 Å². The Balaban J connectivity index is 1.26. The van der Waals surface area contributed by atoms with Crippen molar-refractivity contribution < 1.29 is 24.2 Å². The summed E-state index contributed by atoms with van der Waals surface area (Å²) < 4.78 is 5.53. The maximum Gasteiger partial charge on any atom is 0.407 e. The highest BCUT2D eigenvalue weighted by atomic mass is 16.5. The Morgan fingerprint density at radius 1 is 0.943 bits per heavy atom. The molecule has 2 amide bonds. The number of ether oxygens (including phenoxy) is 1. The molecule has 3 aromatic rings. The first-order valence-electron chi connectivity index (χ1n) is 11.3. The zero-order valence-electron chi connectivity index (χ0n) is 19.2. The maximum atomic E-state index is 12.4. The molecule has 0 fully saturated rings. The number of carbonyl (C=O) groups is 3. The number of carboxylic acids is 1. The standard InChI is InChI=1S/C28H26N2O5/c1-18(16-26(31)30-20-13-10-19(11-14-20)12-15-27(32)33)29-28(34)35-17-25-23-8-4-2-6-21(23)22-7-3-5-9-24(22)25/h2-15,18,25H,16-17H2,1H3,(H,29,34)(H,30,31)(H,32,33)/b15-12+/t18-/m0/s1. The van der Waals surface area contributed by atoms with Crippen LogP contribution in [0.1, 0.15) is 36.0 Å². The first-order chi connectivity index (χ1) is 16.9. The SMILES string of the molecule is C[C@@H](CC(=O)Nc1ccc(/C=C/C(=O)O)cc1)NC(=O)OCC1c2ccccc2-c2ccccc21. The third-order valence-electron chi connectivity index (χ3n) is 5.81. The summed E-state index contributed by atoms with van der Waals surface area (Å²) in [6.45, 7) is 1.95. The molecule has 0 bridgehead atoms. The molecule has 0 unspecified atom stereocenters. The molecule has 4 rings (SSSR count). The normalized spacial score (nSPS) is 13.1. The molecule has 0 aliphatic heterocycles.